The van der Waals surface area contributed by atoms with E-state index in [1.54, 1.807) is 23.4 Å². The van der Waals surface area contributed by atoms with E-state index in [2.05, 4.69) is 20.0 Å². The van der Waals surface area contributed by atoms with Gasteiger partial charge in [0.2, 0.25) is 11.6 Å². The Morgan fingerprint density at radius 2 is 2.07 bits per heavy atom. The van der Waals surface area contributed by atoms with Gasteiger partial charge >= 0.3 is 0 Å². The fourth-order valence-electron chi connectivity index (χ4n) is 3.34. The second-order valence-corrected chi connectivity index (χ2v) is 6.45. The number of nitrogens with one attached hydrogen (secondary N) is 1. The molecule has 6 nitrogen and oxygen atoms in total. The molecule has 1 N–H and O–H groups in total. The van der Waals surface area contributed by atoms with Crippen LogP contribution in [0.4, 0.5) is 15.9 Å². The molecule has 1 aromatic carbocycles. The van der Waals surface area contributed by atoms with E-state index in [1.807, 2.05) is 18.2 Å². The average Bonchev–Trinajstić information content (AvgIpc) is 3.31. The first-order chi connectivity index (χ1) is 13.2. The molecule has 7 heteroatoms. The predicted octanol–water partition coefficient (Wildman–Crippen LogP) is 3.76. The zero-order valence-corrected chi connectivity index (χ0v) is 14.4. The molecule has 4 rings (SSSR count). The summed E-state index contributed by atoms with van der Waals surface area (Å²) in [5.74, 6) is -0.143. The number of carbonyl (C=O) groups excluding carboxylic acids is 1. The molecule has 134 valence electrons. The number of aromatic nitrogens is 3. The van der Waals surface area contributed by atoms with Crippen molar-refractivity contribution in [2.45, 2.75) is 12.8 Å². The monoisotopic (exact) mass is 361 g/mol. The molecule has 27 heavy (non-hydrogen) atoms. The number of aromatic amines is 1. The van der Waals surface area contributed by atoms with E-state index in [1.165, 1.54) is 12.1 Å². The summed E-state index contributed by atoms with van der Waals surface area (Å²) in [6.07, 6.45) is 4.58. The van der Waals surface area contributed by atoms with Crippen LogP contribution in [-0.2, 0) is 11.2 Å². The number of H-pyrrole nitrogens is 1. The third kappa shape index (κ3) is 3.29. The molecule has 1 fully saturated rings. The summed E-state index contributed by atoms with van der Waals surface area (Å²) in [5.41, 5.74) is 2.56. The van der Waals surface area contributed by atoms with E-state index in [-0.39, 0.29) is 17.5 Å². The van der Waals surface area contributed by atoms with Gasteiger partial charge in [0.15, 0.2) is 5.82 Å². The zero-order valence-electron chi connectivity index (χ0n) is 14.4. The summed E-state index contributed by atoms with van der Waals surface area (Å²) in [7, 11) is 0. The summed E-state index contributed by atoms with van der Waals surface area (Å²) >= 11 is 0. The molecular formula is C20H16FN5O. The molecule has 1 amide bonds. The molecule has 0 saturated carbocycles. The largest absolute Gasteiger partial charge is 0.295 e. The van der Waals surface area contributed by atoms with Crippen molar-refractivity contribution in [3.8, 4) is 11.3 Å². The summed E-state index contributed by atoms with van der Waals surface area (Å²) in [4.78, 5) is 21.7. The van der Waals surface area contributed by atoms with Gasteiger partial charge in [-0.25, -0.2) is 9.24 Å². The first-order valence-electron chi connectivity index (χ1n) is 8.59. The van der Waals surface area contributed by atoms with Crippen molar-refractivity contribution in [1.29, 1.82) is 0 Å². The van der Waals surface area contributed by atoms with E-state index in [0.717, 1.165) is 16.8 Å². The van der Waals surface area contributed by atoms with Gasteiger partial charge < -0.3 is 0 Å². The molecule has 3 heterocycles. The minimum Gasteiger partial charge on any atom is -0.295 e. The Bertz CT molecular complexity index is 1020. The molecule has 2 aromatic heterocycles. The minimum atomic E-state index is -0.534. The van der Waals surface area contributed by atoms with Crippen molar-refractivity contribution >= 4 is 17.4 Å². The minimum absolute atomic E-state index is 0.00327. The maximum atomic E-state index is 13.5. The molecule has 1 atom stereocenters. The van der Waals surface area contributed by atoms with Gasteiger partial charge in [-0.3, -0.25) is 19.8 Å². The quantitative estimate of drug-likeness (QED) is 0.720. The van der Waals surface area contributed by atoms with Gasteiger partial charge in [0.25, 0.3) is 0 Å². The normalized spacial score (nSPS) is 16.5. The number of nitrogens with zero attached hydrogens (tertiary/aromatic N) is 4. The average molecular weight is 361 g/mol. The first kappa shape index (κ1) is 16.9. The Labute approximate surface area is 155 Å². The number of benzene rings is 1. The van der Waals surface area contributed by atoms with Crippen LogP contribution in [0.5, 0.6) is 0 Å². The lowest BCUT2D eigenvalue weighted by Crippen LogP contribution is -2.28. The van der Waals surface area contributed by atoms with Gasteiger partial charge in [-0.05, 0) is 31.0 Å². The summed E-state index contributed by atoms with van der Waals surface area (Å²) in [5, 5.41) is 7.23. The van der Waals surface area contributed by atoms with Crippen LogP contribution in [0.3, 0.4) is 0 Å². The molecule has 0 unspecified atom stereocenters. The van der Waals surface area contributed by atoms with Crippen LogP contribution >= 0.6 is 0 Å². The standard InChI is InChI=1S/C20H16FN5O/c1-22-18-11-13(2-3-16(18)21)10-15-6-9-26(20(15)27)19-12-17(24-25-19)14-4-7-23-8-5-14/h2-5,7-8,11-12,15H,6,9-10H2,(H,24,25)/t15-/m0/s1. The van der Waals surface area contributed by atoms with Gasteiger partial charge in [-0.1, -0.05) is 17.7 Å². The maximum absolute atomic E-state index is 13.5. The lowest BCUT2D eigenvalue weighted by Gasteiger charge is -2.13. The highest BCUT2D eigenvalue weighted by atomic mass is 19.1. The van der Waals surface area contributed by atoms with Crippen LogP contribution in [0.2, 0.25) is 0 Å². The van der Waals surface area contributed by atoms with Crippen LogP contribution in [0.15, 0.2) is 48.8 Å². The summed E-state index contributed by atoms with van der Waals surface area (Å²) < 4.78 is 13.5. The maximum Gasteiger partial charge on any atom is 0.231 e. The zero-order chi connectivity index (χ0) is 18.8. The predicted molar refractivity (Wildman–Crippen MR) is 98.6 cm³/mol. The van der Waals surface area contributed by atoms with E-state index >= 15 is 0 Å². The fraction of sp³-hybridized carbons (Fsp3) is 0.200. The van der Waals surface area contributed by atoms with Crippen molar-refractivity contribution in [3.05, 3.63) is 71.6 Å². The second kappa shape index (κ2) is 7.00. The van der Waals surface area contributed by atoms with Gasteiger partial charge in [0, 0.05) is 36.5 Å². The number of anilines is 1. The number of halogens is 1. The molecule has 3 aromatic rings. The molecular weight excluding hydrogens is 345 g/mol. The van der Waals surface area contributed by atoms with Crippen LogP contribution < -0.4 is 4.90 Å². The van der Waals surface area contributed by atoms with Crippen LogP contribution in [0.25, 0.3) is 16.1 Å². The number of amides is 1. The highest BCUT2D eigenvalue weighted by Gasteiger charge is 2.33. The van der Waals surface area contributed by atoms with Gasteiger partial charge in [0.05, 0.1) is 12.3 Å². The van der Waals surface area contributed by atoms with Crippen molar-refractivity contribution in [2.24, 2.45) is 5.92 Å². The second-order valence-electron chi connectivity index (χ2n) is 6.45. The third-order valence-electron chi connectivity index (χ3n) is 4.76. The van der Waals surface area contributed by atoms with Crippen molar-refractivity contribution in [1.82, 2.24) is 15.2 Å². The van der Waals surface area contributed by atoms with E-state index in [4.69, 9.17) is 6.57 Å². The summed E-state index contributed by atoms with van der Waals surface area (Å²) in [6.45, 7) is 7.60. The highest BCUT2D eigenvalue weighted by Crippen LogP contribution is 2.30. The van der Waals surface area contributed by atoms with Gasteiger partial charge in [-0.2, -0.15) is 5.10 Å². The molecule has 1 aliphatic rings. The number of rotatable bonds is 4. The van der Waals surface area contributed by atoms with Crippen molar-refractivity contribution in [3.63, 3.8) is 0 Å². The SMILES string of the molecule is [C-]#[N+]c1cc(C[C@@H]2CCN(c3cc(-c4ccncc4)[nH]n3)C2=O)ccc1F. The van der Waals surface area contributed by atoms with Crippen LogP contribution in [0.1, 0.15) is 12.0 Å². The first-order valence-corrected chi connectivity index (χ1v) is 8.59. The Morgan fingerprint density at radius 1 is 1.26 bits per heavy atom. The number of hydrogen-bond acceptors (Lipinski definition) is 3. The summed E-state index contributed by atoms with van der Waals surface area (Å²) in [6, 6.07) is 10.0. The van der Waals surface area contributed by atoms with Gasteiger partial charge in [0.1, 0.15) is 5.82 Å². The van der Waals surface area contributed by atoms with E-state index < -0.39 is 5.82 Å². The molecule has 0 aliphatic carbocycles. The lowest BCUT2D eigenvalue weighted by atomic mass is 9.97. The molecule has 0 radical (unpaired) electrons. The fourth-order valence-corrected chi connectivity index (χ4v) is 3.34. The molecule has 1 aliphatic heterocycles. The topological polar surface area (TPSA) is 66.2 Å². The lowest BCUT2D eigenvalue weighted by molar-refractivity contribution is -0.120. The van der Waals surface area contributed by atoms with Crippen LogP contribution in [-0.4, -0.2) is 27.6 Å². The van der Waals surface area contributed by atoms with Crippen molar-refractivity contribution < 1.29 is 9.18 Å². The Balaban J connectivity index is 1.49. The smallest absolute Gasteiger partial charge is 0.231 e. The Kier molecular flexibility index (Phi) is 4.38. The molecule has 0 spiro atoms. The van der Waals surface area contributed by atoms with Crippen molar-refractivity contribution in [2.75, 3.05) is 11.4 Å². The van der Waals surface area contributed by atoms with E-state index in [9.17, 15) is 9.18 Å². The number of pyridine rings is 1. The van der Waals surface area contributed by atoms with Gasteiger partial charge in [-0.15, -0.1) is 0 Å². The van der Waals surface area contributed by atoms with E-state index in [0.29, 0.717) is 25.2 Å². The highest BCUT2D eigenvalue weighted by molar-refractivity contribution is 5.96. The Morgan fingerprint density at radius 3 is 2.85 bits per heavy atom. The number of carbonyl (C=O) groups is 1. The Hall–Kier alpha value is -3.53. The molecule has 1 saturated heterocycles. The third-order valence-corrected chi connectivity index (χ3v) is 4.76. The number of hydrogen-bond donors (Lipinski definition) is 1. The molecule has 0 bridgehead atoms. The van der Waals surface area contributed by atoms with Crippen LogP contribution in [0, 0.1) is 18.3 Å².